The fourth-order valence-corrected chi connectivity index (χ4v) is 2.55. The van der Waals surface area contributed by atoms with Crippen molar-refractivity contribution in [2.24, 2.45) is 0 Å². The van der Waals surface area contributed by atoms with Crippen molar-refractivity contribution in [2.75, 3.05) is 25.4 Å². The molecular formula is C9H20N2O2S. The Labute approximate surface area is 86.5 Å². The van der Waals surface area contributed by atoms with Gasteiger partial charge in [0.05, 0.1) is 5.75 Å². The van der Waals surface area contributed by atoms with Crippen LogP contribution in [0.4, 0.5) is 0 Å². The molecule has 84 valence electrons. The van der Waals surface area contributed by atoms with Gasteiger partial charge in [0.1, 0.15) is 0 Å². The van der Waals surface area contributed by atoms with E-state index in [0.717, 1.165) is 25.8 Å². The summed E-state index contributed by atoms with van der Waals surface area (Å²) in [5, 5.41) is 3.14. The van der Waals surface area contributed by atoms with Crippen LogP contribution in [0.25, 0.3) is 0 Å². The summed E-state index contributed by atoms with van der Waals surface area (Å²) in [6.45, 7) is 2.10. The van der Waals surface area contributed by atoms with Crippen LogP contribution >= 0.6 is 0 Å². The number of rotatable bonds is 0. The Morgan fingerprint density at radius 3 is 2.21 bits per heavy atom. The van der Waals surface area contributed by atoms with Gasteiger partial charge in [-0.25, -0.2) is 13.1 Å². The third-order valence-electron chi connectivity index (χ3n) is 2.40. The van der Waals surface area contributed by atoms with Crippen LogP contribution in [0.2, 0.25) is 0 Å². The first-order chi connectivity index (χ1) is 6.71. The quantitative estimate of drug-likeness (QED) is 0.623. The predicted molar refractivity (Wildman–Crippen MR) is 57.7 cm³/mol. The van der Waals surface area contributed by atoms with E-state index >= 15 is 0 Å². The zero-order valence-corrected chi connectivity index (χ0v) is 9.41. The first-order valence-corrected chi connectivity index (χ1v) is 7.04. The molecule has 0 spiro atoms. The van der Waals surface area contributed by atoms with E-state index in [1.165, 1.54) is 12.8 Å². The largest absolute Gasteiger partial charge is 0.316 e. The summed E-state index contributed by atoms with van der Waals surface area (Å²) in [5.74, 6) is 0.201. The topological polar surface area (TPSA) is 58.2 Å². The Bertz CT molecular complexity index is 221. The van der Waals surface area contributed by atoms with Gasteiger partial charge in [-0.1, -0.05) is 19.3 Å². The molecule has 0 aliphatic carbocycles. The molecule has 1 aliphatic heterocycles. The van der Waals surface area contributed by atoms with Crippen molar-refractivity contribution < 1.29 is 8.42 Å². The van der Waals surface area contributed by atoms with Crippen LogP contribution in [0.1, 0.15) is 32.1 Å². The molecule has 1 saturated heterocycles. The van der Waals surface area contributed by atoms with Gasteiger partial charge in [0.2, 0.25) is 10.0 Å². The minimum Gasteiger partial charge on any atom is -0.316 e. The second-order valence-electron chi connectivity index (χ2n) is 3.73. The van der Waals surface area contributed by atoms with Crippen LogP contribution in [0.15, 0.2) is 0 Å². The third kappa shape index (κ3) is 5.57. The number of nitrogens with one attached hydrogen (secondary N) is 2. The van der Waals surface area contributed by atoms with E-state index in [0.29, 0.717) is 13.1 Å². The molecule has 0 unspecified atom stereocenters. The van der Waals surface area contributed by atoms with Crippen molar-refractivity contribution in [1.82, 2.24) is 10.0 Å². The molecule has 1 aliphatic rings. The molecule has 4 nitrogen and oxygen atoms in total. The summed E-state index contributed by atoms with van der Waals surface area (Å²) in [7, 11) is -3.02. The van der Waals surface area contributed by atoms with E-state index in [1.54, 1.807) is 0 Å². The van der Waals surface area contributed by atoms with Crippen LogP contribution < -0.4 is 10.0 Å². The molecule has 2 N–H and O–H groups in total. The molecule has 0 aromatic heterocycles. The van der Waals surface area contributed by atoms with Gasteiger partial charge in [-0.15, -0.1) is 0 Å². The minimum atomic E-state index is -3.02. The summed E-state index contributed by atoms with van der Waals surface area (Å²) in [6.07, 6.45) is 5.71. The molecule has 0 amide bonds. The molecule has 0 bridgehead atoms. The number of sulfonamides is 1. The van der Waals surface area contributed by atoms with Gasteiger partial charge in [0.25, 0.3) is 0 Å². The average molecular weight is 220 g/mol. The third-order valence-corrected chi connectivity index (χ3v) is 3.79. The monoisotopic (exact) mass is 220 g/mol. The highest BCUT2D eigenvalue weighted by Gasteiger charge is 2.08. The molecule has 0 radical (unpaired) electrons. The van der Waals surface area contributed by atoms with E-state index in [4.69, 9.17) is 0 Å². The molecule has 0 atom stereocenters. The Balaban J connectivity index is 2.32. The molecule has 14 heavy (non-hydrogen) atoms. The Morgan fingerprint density at radius 2 is 1.43 bits per heavy atom. The summed E-state index contributed by atoms with van der Waals surface area (Å²) in [6, 6.07) is 0. The van der Waals surface area contributed by atoms with Gasteiger partial charge >= 0.3 is 0 Å². The van der Waals surface area contributed by atoms with E-state index in [2.05, 4.69) is 10.0 Å². The predicted octanol–water partition coefficient (Wildman–Crippen LogP) is 0.459. The smallest absolute Gasteiger partial charge is 0.212 e. The van der Waals surface area contributed by atoms with Crippen LogP contribution in [0.3, 0.4) is 0 Å². The molecule has 0 saturated carbocycles. The second kappa shape index (κ2) is 6.37. The van der Waals surface area contributed by atoms with Gasteiger partial charge in [-0.2, -0.15) is 0 Å². The first-order valence-electron chi connectivity index (χ1n) is 5.39. The van der Waals surface area contributed by atoms with Crippen molar-refractivity contribution in [2.45, 2.75) is 32.1 Å². The van der Waals surface area contributed by atoms with Crippen molar-refractivity contribution in [1.29, 1.82) is 0 Å². The van der Waals surface area contributed by atoms with Crippen LogP contribution in [-0.4, -0.2) is 33.8 Å². The van der Waals surface area contributed by atoms with Gasteiger partial charge < -0.3 is 5.32 Å². The van der Waals surface area contributed by atoms with E-state index in [1.807, 2.05) is 0 Å². The lowest BCUT2D eigenvalue weighted by Crippen LogP contribution is -2.33. The lowest BCUT2D eigenvalue weighted by atomic mass is 10.1. The summed E-state index contributed by atoms with van der Waals surface area (Å²) in [4.78, 5) is 0. The van der Waals surface area contributed by atoms with E-state index < -0.39 is 10.0 Å². The molecule has 5 heteroatoms. The molecule has 1 fully saturated rings. The van der Waals surface area contributed by atoms with Crippen molar-refractivity contribution in [3.63, 3.8) is 0 Å². The highest BCUT2D eigenvalue weighted by molar-refractivity contribution is 7.89. The highest BCUT2D eigenvalue weighted by Crippen LogP contribution is 2.02. The van der Waals surface area contributed by atoms with Gasteiger partial charge in [0, 0.05) is 13.1 Å². The lowest BCUT2D eigenvalue weighted by Gasteiger charge is -2.09. The Hall–Kier alpha value is -0.130. The Kier molecular flexibility index (Phi) is 5.44. The zero-order chi connectivity index (χ0) is 10.3. The van der Waals surface area contributed by atoms with E-state index in [-0.39, 0.29) is 5.75 Å². The van der Waals surface area contributed by atoms with Gasteiger partial charge in [-0.05, 0) is 19.4 Å². The van der Waals surface area contributed by atoms with Gasteiger partial charge in [-0.3, -0.25) is 0 Å². The van der Waals surface area contributed by atoms with Crippen LogP contribution in [0, 0.1) is 0 Å². The van der Waals surface area contributed by atoms with Crippen LogP contribution in [-0.2, 0) is 10.0 Å². The van der Waals surface area contributed by atoms with Gasteiger partial charge in [0.15, 0.2) is 0 Å². The van der Waals surface area contributed by atoms with Crippen molar-refractivity contribution in [3.8, 4) is 0 Å². The maximum atomic E-state index is 11.3. The molecular weight excluding hydrogens is 200 g/mol. The minimum absolute atomic E-state index is 0.201. The summed E-state index contributed by atoms with van der Waals surface area (Å²) in [5.41, 5.74) is 0. The average Bonchev–Trinajstić information content (AvgIpc) is 2.11. The number of hydrogen-bond acceptors (Lipinski definition) is 3. The highest BCUT2D eigenvalue weighted by atomic mass is 32.2. The lowest BCUT2D eigenvalue weighted by molar-refractivity contribution is 0.548. The molecule has 1 heterocycles. The number of hydrogen-bond donors (Lipinski definition) is 2. The maximum Gasteiger partial charge on any atom is 0.212 e. The van der Waals surface area contributed by atoms with Crippen molar-refractivity contribution >= 4 is 10.0 Å². The fourth-order valence-electron chi connectivity index (χ4n) is 1.54. The zero-order valence-electron chi connectivity index (χ0n) is 8.59. The van der Waals surface area contributed by atoms with Crippen molar-refractivity contribution in [3.05, 3.63) is 0 Å². The maximum absolute atomic E-state index is 11.3. The first kappa shape index (κ1) is 11.9. The summed E-state index contributed by atoms with van der Waals surface area (Å²) < 4.78 is 25.3. The molecule has 1 rings (SSSR count). The summed E-state index contributed by atoms with van der Waals surface area (Å²) >= 11 is 0. The molecule has 0 aromatic carbocycles. The second-order valence-corrected chi connectivity index (χ2v) is 5.66. The molecule has 0 aromatic rings. The van der Waals surface area contributed by atoms with Crippen LogP contribution in [0.5, 0.6) is 0 Å². The fraction of sp³-hybridized carbons (Fsp3) is 1.00. The SMILES string of the molecule is O=S1(=O)CCNCCCCCCCN1. The normalized spacial score (nSPS) is 26.0. The van der Waals surface area contributed by atoms with E-state index in [9.17, 15) is 8.42 Å². The Morgan fingerprint density at radius 1 is 0.786 bits per heavy atom. The standard InChI is InChI=1S/C9H20N2O2S/c12-14(13)9-8-10-6-4-2-1-3-5-7-11-14/h10-11H,1-9H2.